The van der Waals surface area contributed by atoms with Crippen LogP contribution >= 0.6 is 0 Å². The Balaban J connectivity index is 2.09. The van der Waals surface area contributed by atoms with Crippen molar-refractivity contribution < 1.29 is 13.9 Å². The minimum absolute atomic E-state index is 0.148. The second-order valence-corrected chi connectivity index (χ2v) is 4.17. The van der Waals surface area contributed by atoms with E-state index in [2.05, 4.69) is 0 Å². The fourth-order valence-corrected chi connectivity index (χ4v) is 2.06. The maximum absolute atomic E-state index is 13.8. The van der Waals surface area contributed by atoms with Crippen molar-refractivity contribution in [3.8, 4) is 11.5 Å². The summed E-state index contributed by atoms with van der Waals surface area (Å²) < 4.78 is 24.1. The highest BCUT2D eigenvalue weighted by atomic mass is 19.1. The lowest BCUT2D eigenvalue weighted by Gasteiger charge is -2.14. The molecule has 1 saturated carbocycles. The van der Waals surface area contributed by atoms with Crippen molar-refractivity contribution >= 4 is 0 Å². The molecular formula is C11H12FNO2. The van der Waals surface area contributed by atoms with Crippen LogP contribution in [0, 0.1) is 5.82 Å². The highest BCUT2D eigenvalue weighted by Gasteiger charge is 2.45. The Morgan fingerprint density at radius 1 is 1.27 bits per heavy atom. The van der Waals surface area contributed by atoms with Crippen molar-refractivity contribution in [2.24, 2.45) is 5.73 Å². The van der Waals surface area contributed by atoms with E-state index in [-0.39, 0.29) is 18.0 Å². The molecule has 2 N–H and O–H groups in total. The van der Waals surface area contributed by atoms with Gasteiger partial charge in [0.1, 0.15) is 5.82 Å². The summed E-state index contributed by atoms with van der Waals surface area (Å²) in [5.41, 5.74) is 6.20. The first-order valence-corrected chi connectivity index (χ1v) is 5.05. The van der Waals surface area contributed by atoms with Gasteiger partial charge in [0.05, 0.1) is 0 Å². The van der Waals surface area contributed by atoms with Crippen LogP contribution in [0.5, 0.6) is 11.5 Å². The van der Waals surface area contributed by atoms with Gasteiger partial charge in [0.15, 0.2) is 11.5 Å². The molecule has 1 aromatic rings. The SMILES string of the molecule is NCC1(c2cc3c(cc2F)OCO3)CC1. The average Bonchev–Trinajstić information content (AvgIpc) is 2.91. The number of nitrogens with two attached hydrogens (primary N) is 1. The van der Waals surface area contributed by atoms with E-state index in [4.69, 9.17) is 15.2 Å². The Bertz CT molecular complexity index is 415. The molecule has 0 amide bonds. The van der Waals surface area contributed by atoms with Crippen molar-refractivity contribution in [1.82, 2.24) is 0 Å². The minimum Gasteiger partial charge on any atom is -0.454 e. The number of benzene rings is 1. The third-order valence-electron chi connectivity index (χ3n) is 3.28. The van der Waals surface area contributed by atoms with Crippen molar-refractivity contribution in [2.45, 2.75) is 18.3 Å². The summed E-state index contributed by atoms with van der Waals surface area (Å²) in [6, 6.07) is 3.13. The first-order valence-electron chi connectivity index (χ1n) is 5.05. The number of ether oxygens (including phenoxy) is 2. The molecule has 1 aromatic carbocycles. The Morgan fingerprint density at radius 3 is 2.53 bits per heavy atom. The third kappa shape index (κ3) is 1.21. The Labute approximate surface area is 87.0 Å². The zero-order valence-electron chi connectivity index (χ0n) is 8.25. The van der Waals surface area contributed by atoms with Gasteiger partial charge in [-0.1, -0.05) is 0 Å². The summed E-state index contributed by atoms with van der Waals surface area (Å²) in [5, 5.41) is 0. The first-order chi connectivity index (χ1) is 7.25. The second kappa shape index (κ2) is 2.85. The van der Waals surface area contributed by atoms with Gasteiger partial charge in [-0.05, 0) is 24.5 Å². The van der Waals surface area contributed by atoms with Gasteiger partial charge in [-0.3, -0.25) is 0 Å². The van der Waals surface area contributed by atoms with E-state index in [0.717, 1.165) is 12.8 Å². The molecule has 2 aliphatic rings. The van der Waals surface area contributed by atoms with Gasteiger partial charge < -0.3 is 15.2 Å². The van der Waals surface area contributed by atoms with E-state index < -0.39 is 0 Å². The molecule has 0 spiro atoms. The van der Waals surface area contributed by atoms with Gasteiger partial charge in [0.2, 0.25) is 6.79 Å². The monoisotopic (exact) mass is 209 g/mol. The van der Waals surface area contributed by atoms with Crippen LogP contribution in [-0.2, 0) is 5.41 Å². The quantitative estimate of drug-likeness (QED) is 0.803. The van der Waals surface area contributed by atoms with Crippen LogP contribution in [0.4, 0.5) is 4.39 Å². The van der Waals surface area contributed by atoms with E-state index in [1.807, 2.05) is 0 Å². The van der Waals surface area contributed by atoms with E-state index in [1.54, 1.807) is 6.07 Å². The van der Waals surface area contributed by atoms with E-state index >= 15 is 0 Å². The maximum Gasteiger partial charge on any atom is 0.231 e. The molecule has 3 nitrogen and oxygen atoms in total. The molecule has 0 unspecified atom stereocenters. The van der Waals surface area contributed by atoms with Gasteiger partial charge in [-0.2, -0.15) is 0 Å². The molecule has 1 aliphatic heterocycles. The maximum atomic E-state index is 13.8. The molecule has 0 aromatic heterocycles. The number of hydrogen-bond donors (Lipinski definition) is 1. The lowest BCUT2D eigenvalue weighted by atomic mass is 9.95. The number of fused-ring (bicyclic) bond motifs is 1. The molecule has 0 radical (unpaired) electrons. The number of halogens is 1. The smallest absolute Gasteiger partial charge is 0.231 e. The normalized spacial score (nSPS) is 20.4. The second-order valence-electron chi connectivity index (χ2n) is 4.17. The molecule has 0 bridgehead atoms. The Kier molecular flexibility index (Phi) is 1.71. The summed E-state index contributed by atoms with van der Waals surface area (Å²) in [6.07, 6.45) is 1.92. The molecule has 0 atom stereocenters. The predicted octanol–water partition coefficient (Wildman–Crippen LogP) is 1.54. The summed E-state index contributed by atoms with van der Waals surface area (Å²) >= 11 is 0. The van der Waals surface area contributed by atoms with Crippen LogP contribution in [0.1, 0.15) is 18.4 Å². The van der Waals surface area contributed by atoms with Crippen LogP contribution in [0.2, 0.25) is 0 Å². The fourth-order valence-electron chi connectivity index (χ4n) is 2.06. The molecule has 15 heavy (non-hydrogen) atoms. The fraction of sp³-hybridized carbons (Fsp3) is 0.455. The van der Waals surface area contributed by atoms with E-state index in [0.29, 0.717) is 23.6 Å². The lowest BCUT2D eigenvalue weighted by Crippen LogP contribution is -2.21. The standard InChI is InChI=1S/C11H12FNO2/c12-8-4-10-9(14-6-15-10)3-7(8)11(5-13)1-2-11/h3-4H,1-2,5-6,13H2. The minimum atomic E-state index is -0.234. The number of hydrogen-bond acceptors (Lipinski definition) is 3. The summed E-state index contributed by atoms with van der Waals surface area (Å²) in [5.74, 6) is 0.886. The first kappa shape index (κ1) is 8.97. The lowest BCUT2D eigenvalue weighted by molar-refractivity contribution is 0.174. The Morgan fingerprint density at radius 2 is 1.93 bits per heavy atom. The Hall–Kier alpha value is -1.29. The molecule has 1 aliphatic carbocycles. The van der Waals surface area contributed by atoms with Crippen molar-refractivity contribution in [2.75, 3.05) is 13.3 Å². The van der Waals surface area contributed by atoms with Crippen LogP contribution in [0.25, 0.3) is 0 Å². The summed E-state index contributed by atoms with van der Waals surface area (Å²) in [6.45, 7) is 0.664. The number of rotatable bonds is 2. The van der Waals surface area contributed by atoms with E-state index in [9.17, 15) is 4.39 Å². The van der Waals surface area contributed by atoms with E-state index in [1.165, 1.54) is 6.07 Å². The predicted molar refractivity (Wildman–Crippen MR) is 52.5 cm³/mol. The molecule has 80 valence electrons. The van der Waals surface area contributed by atoms with Gasteiger partial charge in [0, 0.05) is 18.0 Å². The van der Waals surface area contributed by atoms with Crippen LogP contribution in [0.3, 0.4) is 0 Å². The van der Waals surface area contributed by atoms with Crippen molar-refractivity contribution in [3.05, 3.63) is 23.5 Å². The average molecular weight is 209 g/mol. The van der Waals surface area contributed by atoms with Gasteiger partial charge in [-0.25, -0.2) is 4.39 Å². The zero-order chi connectivity index (χ0) is 10.5. The van der Waals surface area contributed by atoms with Gasteiger partial charge in [0.25, 0.3) is 0 Å². The van der Waals surface area contributed by atoms with Gasteiger partial charge >= 0.3 is 0 Å². The highest BCUT2D eigenvalue weighted by molar-refractivity contribution is 5.49. The molecule has 3 rings (SSSR count). The van der Waals surface area contributed by atoms with Crippen LogP contribution in [-0.4, -0.2) is 13.3 Å². The van der Waals surface area contributed by atoms with Crippen LogP contribution in [0.15, 0.2) is 12.1 Å². The van der Waals surface area contributed by atoms with Crippen molar-refractivity contribution in [3.63, 3.8) is 0 Å². The zero-order valence-corrected chi connectivity index (χ0v) is 8.25. The highest BCUT2D eigenvalue weighted by Crippen LogP contribution is 2.50. The van der Waals surface area contributed by atoms with Crippen molar-refractivity contribution in [1.29, 1.82) is 0 Å². The third-order valence-corrected chi connectivity index (χ3v) is 3.28. The molecule has 1 fully saturated rings. The summed E-state index contributed by atoms with van der Waals surface area (Å²) in [7, 11) is 0. The van der Waals surface area contributed by atoms with Crippen LogP contribution < -0.4 is 15.2 Å². The molecular weight excluding hydrogens is 197 g/mol. The molecule has 0 saturated heterocycles. The topological polar surface area (TPSA) is 44.5 Å². The largest absolute Gasteiger partial charge is 0.454 e. The van der Waals surface area contributed by atoms with Gasteiger partial charge in [-0.15, -0.1) is 0 Å². The molecule has 1 heterocycles. The summed E-state index contributed by atoms with van der Waals surface area (Å²) in [4.78, 5) is 0. The molecule has 4 heteroatoms.